The molecule has 0 saturated carbocycles. The molecule has 0 bridgehead atoms. The lowest BCUT2D eigenvalue weighted by Gasteiger charge is -2.42. The Kier molecular flexibility index (Phi) is 3.07. The van der Waals surface area contributed by atoms with Crippen LogP contribution in [0.25, 0.3) is 0 Å². The molecule has 2 aliphatic rings. The van der Waals surface area contributed by atoms with Crippen molar-refractivity contribution in [3.05, 3.63) is 67.3 Å². The topological polar surface area (TPSA) is 20.3 Å². The molecule has 3 heteroatoms. The van der Waals surface area contributed by atoms with Gasteiger partial charge in [-0.25, -0.2) is 0 Å². The number of hydrogen-bond acceptors (Lipinski definition) is 2. The van der Waals surface area contributed by atoms with Crippen LogP contribution in [-0.2, 0) is 4.79 Å². The lowest BCUT2D eigenvalue weighted by molar-refractivity contribution is -0.114. The zero-order chi connectivity index (χ0) is 13.3. The van der Waals surface area contributed by atoms with Gasteiger partial charge in [-0.3, -0.25) is 9.69 Å². The molecule has 2 atom stereocenters. The summed E-state index contributed by atoms with van der Waals surface area (Å²) < 4.78 is 0. The van der Waals surface area contributed by atoms with Crippen LogP contribution < -0.4 is 4.90 Å². The van der Waals surface area contributed by atoms with Gasteiger partial charge < -0.3 is 0 Å². The summed E-state index contributed by atoms with van der Waals surface area (Å²) in [7, 11) is 0. The zero-order valence-corrected chi connectivity index (χ0v) is 11.3. The van der Waals surface area contributed by atoms with Crippen molar-refractivity contribution in [1.29, 1.82) is 0 Å². The predicted molar refractivity (Wildman–Crippen MR) is 81.1 cm³/mol. The Morgan fingerprint density at radius 1 is 1.37 bits per heavy atom. The fourth-order valence-corrected chi connectivity index (χ4v) is 3.99. The van der Waals surface area contributed by atoms with E-state index in [9.17, 15) is 4.79 Å². The number of rotatable bonds is 2. The van der Waals surface area contributed by atoms with Crippen LogP contribution in [0.4, 0.5) is 5.69 Å². The van der Waals surface area contributed by atoms with Gasteiger partial charge in [0.1, 0.15) is 4.87 Å². The largest absolute Gasteiger partial charge is 0.289 e. The van der Waals surface area contributed by atoms with E-state index in [1.165, 1.54) is 0 Å². The Bertz CT molecular complexity index is 563. The normalized spacial score (nSPS) is 29.2. The molecule has 2 heterocycles. The maximum atomic E-state index is 12.3. The van der Waals surface area contributed by atoms with Gasteiger partial charge in [-0.1, -0.05) is 36.4 Å². The van der Waals surface area contributed by atoms with Crippen molar-refractivity contribution in [2.24, 2.45) is 5.92 Å². The molecule has 0 aliphatic carbocycles. The lowest BCUT2D eigenvalue weighted by atomic mass is 9.97. The van der Waals surface area contributed by atoms with E-state index in [1.807, 2.05) is 47.4 Å². The SMILES string of the molecule is C=C[C@@H]1C=CCS[C@]12C=CC(=O)N2c1ccccc1. The van der Waals surface area contributed by atoms with Gasteiger partial charge in [0, 0.05) is 23.4 Å². The third-order valence-electron chi connectivity index (χ3n) is 3.53. The summed E-state index contributed by atoms with van der Waals surface area (Å²) in [6.45, 7) is 3.92. The van der Waals surface area contributed by atoms with Crippen LogP contribution in [0.5, 0.6) is 0 Å². The molecule has 1 amide bonds. The van der Waals surface area contributed by atoms with E-state index in [0.717, 1.165) is 11.4 Å². The van der Waals surface area contributed by atoms with Gasteiger partial charge in [-0.05, 0) is 18.2 Å². The van der Waals surface area contributed by atoms with Crippen molar-refractivity contribution in [2.75, 3.05) is 10.7 Å². The first-order valence-corrected chi connectivity index (χ1v) is 7.28. The van der Waals surface area contributed by atoms with Gasteiger partial charge in [0.2, 0.25) is 0 Å². The monoisotopic (exact) mass is 269 g/mol. The minimum Gasteiger partial charge on any atom is -0.289 e. The molecule has 0 fully saturated rings. The number of thioether (sulfide) groups is 1. The highest BCUT2D eigenvalue weighted by molar-refractivity contribution is 8.01. The summed E-state index contributed by atoms with van der Waals surface area (Å²) in [5.74, 6) is 1.08. The van der Waals surface area contributed by atoms with Crippen molar-refractivity contribution in [2.45, 2.75) is 4.87 Å². The highest BCUT2D eigenvalue weighted by atomic mass is 32.2. The van der Waals surface area contributed by atoms with E-state index in [4.69, 9.17) is 0 Å². The molecule has 0 aromatic heterocycles. The highest BCUT2D eigenvalue weighted by Crippen LogP contribution is 2.47. The Balaban J connectivity index is 2.09. The van der Waals surface area contributed by atoms with Gasteiger partial charge in [0.15, 0.2) is 0 Å². The van der Waals surface area contributed by atoms with Crippen molar-refractivity contribution >= 4 is 23.4 Å². The van der Waals surface area contributed by atoms with Crippen LogP contribution in [0.3, 0.4) is 0 Å². The van der Waals surface area contributed by atoms with Crippen molar-refractivity contribution < 1.29 is 4.79 Å². The Morgan fingerprint density at radius 3 is 2.89 bits per heavy atom. The van der Waals surface area contributed by atoms with E-state index in [0.29, 0.717) is 0 Å². The third kappa shape index (κ3) is 1.85. The maximum Gasteiger partial charge on any atom is 0.252 e. The van der Waals surface area contributed by atoms with E-state index in [1.54, 1.807) is 17.8 Å². The fourth-order valence-electron chi connectivity index (χ4n) is 2.66. The molecule has 1 spiro atoms. The van der Waals surface area contributed by atoms with E-state index in [2.05, 4.69) is 18.7 Å². The second kappa shape index (κ2) is 4.74. The fraction of sp³-hybridized carbons (Fsp3) is 0.188. The van der Waals surface area contributed by atoms with E-state index in [-0.39, 0.29) is 16.7 Å². The number of amides is 1. The molecule has 0 saturated heterocycles. The molecule has 0 radical (unpaired) electrons. The third-order valence-corrected chi connectivity index (χ3v) is 4.95. The molecule has 2 nitrogen and oxygen atoms in total. The van der Waals surface area contributed by atoms with E-state index < -0.39 is 0 Å². The van der Waals surface area contributed by atoms with Crippen molar-refractivity contribution in [3.63, 3.8) is 0 Å². The van der Waals surface area contributed by atoms with Crippen molar-refractivity contribution in [3.8, 4) is 0 Å². The number of para-hydroxylation sites is 1. The number of hydrogen-bond donors (Lipinski definition) is 0. The van der Waals surface area contributed by atoms with E-state index >= 15 is 0 Å². The molecule has 0 N–H and O–H groups in total. The van der Waals surface area contributed by atoms with Gasteiger partial charge in [-0.15, -0.1) is 18.3 Å². The van der Waals surface area contributed by atoms with Gasteiger partial charge in [-0.2, -0.15) is 0 Å². The molecule has 1 aromatic carbocycles. The summed E-state index contributed by atoms with van der Waals surface area (Å²) in [6.07, 6.45) is 9.89. The quantitative estimate of drug-likeness (QED) is 0.767. The maximum absolute atomic E-state index is 12.3. The lowest BCUT2D eigenvalue weighted by Crippen LogP contribution is -2.49. The number of nitrogens with zero attached hydrogens (tertiary/aromatic N) is 1. The Labute approximate surface area is 117 Å². The van der Waals surface area contributed by atoms with Gasteiger partial charge in [0.05, 0.1) is 0 Å². The molecule has 1 aromatic rings. The smallest absolute Gasteiger partial charge is 0.252 e. The highest BCUT2D eigenvalue weighted by Gasteiger charge is 2.47. The minimum atomic E-state index is -0.352. The predicted octanol–water partition coefficient (Wildman–Crippen LogP) is 3.39. The first-order valence-electron chi connectivity index (χ1n) is 6.29. The van der Waals surface area contributed by atoms with Crippen molar-refractivity contribution in [1.82, 2.24) is 0 Å². The van der Waals surface area contributed by atoms with Crippen LogP contribution in [0.2, 0.25) is 0 Å². The number of carbonyl (C=O) groups excluding carboxylic acids is 1. The minimum absolute atomic E-state index is 0.0425. The van der Waals surface area contributed by atoms with Gasteiger partial charge >= 0.3 is 0 Å². The van der Waals surface area contributed by atoms with Crippen LogP contribution in [0, 0.1) is 5.92 Å². The van der Waals surface area contributed by atoms with Crippen LogP contribution in [0.15, 0.2) is 67.3 Å². The molecule has 96 valence electrons. The summed E-state index contributed by atoms with van der Waals surface area (Å²) in [6, 6.07) is 9.84. The Morgan fingerprint density at radius 2 is 2.16 bits per heavy atom. The number of carbonyl (C=O) groups is 1. The van der Waals surface area contributed by atoms with Crippen LogP contribution >= 0.6 is 11.8 Å². The second-order valence-corrected chi connectivity index (χ2v) is 5.87. The second-order valence-electron chi connectivity index (χ2n) is 4.60. The Hall–Kier alpha value is -1.74. The average Bonchev–Trinajstić information content (AvgIpc) is 2.78. The summed E-state index contributed by atoms with van der Waals surface area (Å²) in [5, 5.41) is 0. The average molecular weight is 269 g/mol. The molecular formula is C16H15NOS. The number of anilines is 1. The molecular weight excluding hydrogens is 254 g/mol. The molecule has 19 heavy (non-hydrogen) atoms. The summed E-state index contributed by atoms with van der Waals surface area (Å²) in [5.41, 5.74) is 0.937. The number of benzene rings is 1. The summed E-state index contributed by atoms with van der Waals surface area (Å²) in [4.78, 5) is 13.8. The van der Waals surface area contributed by atoms with Gasteiger partial charge in [0.25, 0.3) is 5.91 Å². The first-order chi connectivity index (χ1) is 9.28. The van der Waals surface area contributed by atoms with Crippen LogP contribution in [0.1, 0.15) is 0 Å². The first kappa shape index (κ1) is 12.3. The standard InChI is InChI=1S/C16H15NOS/c1-2-13-7-6-12-19-16(13)11-10-15(18)17(16)14-8-4-3-5-9-14/h2-11,13H,1,12H2/t13-,16-/m1/s1. The van der Waals surface area contributed by atoms with Crippen LogP contribution in [-0.4, -0.2) is 16.5 Å². The molecule has 3 rings (SSSR count). The molecule has 2 aliphatic heterocycles. The molecule has 0 unspecified atom stereocenters. The summed E-state index contributed by atoms with van der Waals surface area (Å²) >= 11 is 1.77. The zero-order valence-electron chi connectivity index (χ0n) is 10.5.